The van der Waals surface area contributed by atoms with E-state index in [2.05, 4.69) is 5.32 Å². The lowest BCUT2D eigenvalue weighted by Gasteiger charge is -2.18. The van der Waals surface area contributed by atoms with E-state index in [0.717, 1.165) is 27.8 Å². The molecule has 0 aliphatic carbocycles. The fraction of sp³-hybridized carbons (Fsp3) is 0.429. The highest BCUT2D eigenvalue weighted by Gasteiger charge is 2.32. The Labute approximate surface area is 212 Å². The van der Waals surface area contributed by atoms with Crippen LogP contribution in [0.15, 0.2) is 29.8 Å². The quantitative estimate of drug-likeness (QED) is 0.345. The van der Waals surface area contributed by atoms with Crippen LogP contribution in [0.3, 0.4) is 0 Å². The molecule has 0 aromatic heterocycles. The van der Waals surface area contributed by atoms with Crippen molar-refractivity contribution in [3.63, 3.8) is 0 Å². The van der Waals surface area contributed by atoms with Gasteiger partial charge >= 0.3 is 5.97 Å². The maximum atomic E-state index is 12.4. The van der Waals surface area contributed by atoms with Gasteiger partial charge in [0.15, 0.2) is 11.5 Å². The number of hydrogen-bond donors (Lipinski definition) is 1. The van der Waals surface area contributed by atoms with Crippen molar-refractivity contribution < 1.29 is 33.3 Å². The molecule has 0 fully saturated rings. The third-order valence-corrected chi connectivity index (χ3v) is 6.42. The lowest BCUT2D eigenvalue weighted by Crippen LogP contribution is -2.25. The monoisotopic (exact) mass is 497 g/mol. The third-order valence-electron chi connectivity index (χ3n) is 6.42. The number of cyclic esters (lactones) is 1. The standard InChI is InChI=1S/C28H35NO7/c1-17(8-12-24(30)29-14-13-19-9-11-22(32-3)23(15-19)33-4)7-10-20-26(34-5)18(2)21-16-36-28(31)25(21)27(20)35-6/h7,9,11,15H,8,10,12-14,16H2,1-6H3,(H,29,30). The van der Waals surface area contributed by atoms with Crippen molar-refractivity contribution in [2.24, 2.45) is 0 Å². The number of hydrogen-bond acceptors (Lipinski definition) is 7. The van der Waals surface area contributed by atoms with Crippen molar-refractivity contribution in [1.82, 2.24) is 5.32 Å². The number of ether oxygens (including phenoxy) is 5. The number of amides is 1. The molecule has 0 spiro atoms. The summed E-state index contributed by atoms with van der Waals surface area (Å²) in [6.45, 7) is 4.68. The van der Waals surface area contributed by atoms with Crippen molar-refractivity contribution in [2.75, 3.05) is 35.0 Å². The summed E-state index contributed by atoms with van der Waals surface area (Å²) in [5.74, 6) is 2.16. The van der Waals surface area contributed by atoms with Crippen molar-refractivity contribution >= 4 is 11.9 Å². The molecule has 8 nitrogen and oxygen atoms in total. The van der Waals surface area contributed by atoms with Crippen LogP contribution < -0.4 is 24.3 Å². The van der Waals surface area contributed by atoms with Crippen LogP contribution in [0.2, 0.25) is 0 Å². The van der Waals surface area contributed by atoms with Crippen molar-refractivity contribution in [3.8, 4) is 23.0 Å². The zero-order valence-corrected chi connectivity index (χ0v) is 21.9. The van der Waals surface area contributed by atoms with Crippen LogP contribution in [-0.2, 0) is 29.0 Å². The first-order valence-corrected chi connectivity index (χ1v) is 11.9. The van der Waals surface area contributed by atoms with Gasteiger partial charge in [-0.05, 0) is 56.4 Å². The Morgan fingerprint density at radius 1 is 1.03 bits per heavy atom. The van der Waals surface area contributed by atoms with Gasteiger partial charge in [-0.2, -0.15) is 0 Å². The molecular weight excluding hydrogens is 462 g/mol. The Morgan fingerprint density at radius 2 is 1.75 bits per heavy atom. The van der Waals surface area contributed by atoms with E-state index in [9.17, 15) is 9.59 Å². The molecule has 1 N–H and O–H groups in total. The number of esters is 1. The van der Waals surface area contributed by atoms with Crippen LogP contribution in [0.1, 0.15) is 52.4 Å². The van der Waals surface area contributed by atoms with Crippen molar-refractivity contribution in [1.29, 1.82) is 0 Å². The number of allylic oxidation sites excluding steroid dienone is 2. The molecule has 194 valence electrons. The summed E-state index contributed by atoms with van der Waals surface area (Å²) in [7, 11) is 6.36. The van der Waals surface area contributed by atoms with E-state index in [0.29, 0.717) is 60.8 Å². The molecule has 1 heterocycles. The minimum atomic E-state index is -0.376. The van der Waals surface area contributed by atoms with Gasteiger partial charge in [-0.1, -0.05) is 17.7 Å². The van der Waals surface area contributed by atoms with E-state index < -0.39 is 0 Å². The van der Waals surface area contributed by atoms with Gasteiger partial charge in [0.2, 0.25) is 5.91 Å². The van der Waals surface area contributed by atoms with Crippen molar-refractivity contribution in [3.05, 3.63) is 57.7 Å². The molecule has 2 aromatic rings. The summed E-state index contributed by atoms with van der Waals surface area (Å²) < 4.78 is 27.1. The average Bonchev–Trinajstić information content (AvgIpc) is 3.27. The minimum Gasteiger partial charge on any atom is -0.496 e. The summed E-state index contributed by atoms with van der Waals surface area (Å²) in [6, 6.07) is 5.74. The lowest BCUT2D eigenvalue weighted by atomic mass is 9.94. The van der Waals surface area contributed by atoms with Crippen LogP contribution in [0, 0.1) is 6.92 Å². The summed E-state index contributed by atoms with van der Waals surface area (Å²) in [4.78, 5) is 24.7. The number of nitrogens with one attached hydrogen (secondary N) is 1. The molecule has 8 heteroatoms. The molecule has 0 bridgehead atoms. The van der Waals surface area contributed by atoms with Gasteiger partial charge in [-0.25, -0.2) is 4.79 Å². The first-order valence-electron chi connectivity index (χ1n) is 11.9. The molecule has 0 saturated carbocycles. The average molecular weight is 498 g/mol. The molecule has 3 rings (SSSR count). The van der Waals surface area contributed by atoms with E-state index >= 15 is 0 Å². The zero-order chi connectivity index (χ0) is 26.2. The van der Waals surface area contributed by atoms with Crippen LogP contribution in [0.4, 0.5) is 0 Å². The predicted octanol–water partition coefficient (Wildman–Crippen LogP) is 4.33. The van der Waals surface area contributed by atoms with E-state index in [-0.39, 0.29) is 18.5 Å². The van der Waals surface area contributed by atoms with E-state index in [1.807, 2.05) is 38.1 Å². The minimum absolute atomic E-state index is 0.00508. The van der Waals surface area contributed by atoms with Gasteiger partial charge in [0, 0.05) is 24.1 Å². The Balaban J connectivity index is 1.57. The van der Waals surface area contributed by atoms with Crippen LogP contribution in [0.5, 0.6) is 23.0 Å². The van der Waals surface area contributed by atoms with Gasteiger partial charge in [-0.15, -0.1) is 0 Å². The first-order chi connectivity index (χ1) is 17.3. The summed E-state index contributed by atoms with van der Waals surface area (Å²) in [5.41, 5.74) is 5.09. The molecule has 0 unspecified atom stereocenters. The summed E-state index contributed by atoms with van der Waals surface area (Å²) in [5, 5.41) is 2.97. The predicted molar refractivity (Wildman–Crippen MR) is 136 cm³/mol. The molecule has 1 aliphatic heterocycles. The number of methoxy groups -OCH3 is 4. The molecule has 0 atom stereocenters. The Morgan fingerprint density at radius 3 is 2.42 bits per heavy atom. The third kappa shape index (κ3) is 5.93. The number of benzene rings is 2. The Bertz CT molecular complexity index is 1150. The van der Waals surface area contributed by atoms with Crippen LogP contribution in [-0.4, -0.2) is 46.9 Å². The van der Waals surface area contributed by atoms with E-state index in [1.54, 1.807) is 28.4 Å². The van der Waals surface area contributed by atoms with E-state index in [1.165, 1.54) is 0 Å². The fourth-order valence-electron chi connectivity index (χ4n) is 4.39. The zero-order valence-electron chi connectivity index (χ0n) is 21.9. The van der Waals surface area contributed by atoms with Crippen LogP contribution in [0.25, 0.3) is 0 Å². The highest BCUT2D eigenvalue weighted by molar-refractivity contribution is 5.98. The molecule has 1 aliphatic rings. The highest BCUT2D eigenvalue weighted by atomic mass is 16.5. The molecule has 1 amide bonds. The van der Waals surface area contributed by atoms with Crippen molar-refractivity contribution in [2.45, 2.75) is 46.1 Å². The molecule has 2 aromatic carbocycles. The van der Waals surface area contributed by atoms with Gasteiger partial charge < -0.3 is 29.0 Å². The second-order valence-corrected chi connectivity index (χ2v) is 8.64. The number of fused-ring (bicyclic) bond motifs is 1. The summed E-state index contributed by atoms with van der Waals surface area (Å²) in [6.07, 6.45) is 4.27. The van der Waals surface area contributed by atoms with E-state index in [4.69, 9.17) is 23.7 Å². The second-order valence-electron chi connectivity index (χ2n) is 8.64. The van der Waals surface area contributed by atoms with Crippen LogP contribution >= 0.6 is 0 Å². The number of carbonyl (C=O) groups excluding carboxylic acids is 2. The number of carbonyl (C=O) groups is 2. The molecule has 0 saturated heterocycles. The lowest BCUT2D eigenvalue weighted by molar-refractivity contribution is -0.121. The topological polar surface area (TPSA) is 92.3 Å². The molecule has 36 heavy (non-hydrogen) atoms. The van der Waals surface area contributed by atoms with Gasteiger partial charge in [0.1, 0.15) is 23.7 Å². The maximum absolute atomic E-state index is 12.4. The SMILES string of the molecule is COc1ccc(CCNC(=O)CCC(C)=CCc2c(OC)c(C)c3c(c2OC)C(=O)OC3)cc1OC. The summed E-state index contributed by atoms with van der Waals surface area (Å²) >= 11 is 0. The Kier molecular flexibility index (Phi) is 9.22. The van der Waals surface area contributed by atoms with Gasteiger partial charge in [0.25, 0.3) is 0 Å². The first kappa shape index (κ1) is 26.9. The normalized spacial score (nSPS) is 12.6. The highest BCUT2D eigenvalue weighted by Crippen LogP contribution is 2.42. The molecule has 0 radical (unpaired) electrons. The maximum Gasteiger partial charge on any atom is 0.342 e. The smallest absolute Gasteiger partial charge is 0.342 e. The van der Waals surface area contributed by atoms with Gasteiger partial charge in [0.05, 0.1) is 28.4 Å². The number of rotatable bonds is 12. The Hall–Kier alpha value is -3.68. The largest absolute Gasteiger partial charge is 0.496 e. The fourth-order valence-corrected chi connectivity index (χ4v) is 4.39. The van der Waals surface area contributed by atoms with Gasteiger partial charge in [-0.3, -0.25) is 4.79 Å². The molecular formula is C28H35NO7. The second kappa shape index (κ2) is 12.3.